The Balaban J connectivity index is 1.74. The molecule has 0 fully saturated rings. The van der Waals surface area contributed by atoms with E-state index in [0.29, 0.717) is 0 Å². The minimum atomic E-state index is -0.403. The van der Waals surface area contributed by atoms with Gasteiger partial charge in [-0.05, 0) is 35.4 Å². The van der Waals surface area contributed by atoms with Crippen LogP contribution in [-0.4, -0.2) is 14.3 Å². The standard InChI is InChI=1S/C19H13N3O2/c23-22(24)17-9-6-15(7-10-17)18-13-21-12-16(8-11-19(21)20-18)14-4-2-1-3-5-14/h1-13H. The summed E-state index contributed by atoms with van der Waals surface area (Å²) < 4.78 is 1.97. The van der Waals surface area contributed by atoms with Crippen LogP contribution in [-0.2, 0) is 0 Å². The Labute approximate surface area is 138 Å². The highest BCUT2D eigenvalue weighted by Crippen LogP contribution is 2.24. The molecule has 0 aliphatic carbocycles. The van der Waals surface area contributed by atoms with Gasteiger partial charge in [-0.2, -0.15) is 0 Å². The topological polar surface area (TPSA) is 60.4 Å². The third-order valence-electron chi connectivity index (χ3n) is 3.93. The largest absolute Gasteiger partial charge is 0.306 e. The zero-order valence-corrected chi connectivity index (χ0v) is 12.7. The van der Waals surface area contributed by atoms with Crippen molar-refractivity contribution in [3.05, 3.63) is 89.2 Å². The monoisotopic (exact) mass is 315 g/mol. The maximum absolute atomic E-state index is 10.7. The lowest BCUT2D eigenvalue weighted by Crippen LogP contribution is -1.87. The van der Waals surface area contributed by atoms with Gasteiger partial charge in [0.15, 0.2) is 0 Å². The van der Waals surface area contributed by atoms with Crippen LogP contribution >= 0.6 is 0 Å². The summed E-state index contributed by atoms with van der Waals surface area (Å²) in [5.74, 6) is 0. The molecule has 2 aromatic heterocycles. The Kier molecular flexibility index (Phi) is 3.31. The normalized spacial score (nSPS) is 10.8. The van der Waals surface area contributed by atoms with Gasteiger partial charge >= 0.3 is 0 Å². The van der Waals surface area contributed by atoms with E-state index in [9.17, 15) is 10.1 Å². The first-order valence-electron chi connectivity index (χ1n) is 7.50. The molecule has 0 atom stereocenters. The summed E-state index contributed by atoms with van der Waals surface area (Å²) in [5, 5.41) is 10.7. The number of nitro groups is 1. The second kappa shape index (κ2) is 5.62. The molecule has 0 aliphatic heterocycles. The fraction of sp³-hybridized carbons (Fsp3) is 0. The van der Waals surface area contributed by atoms with Crippen LogP contribution in [0.2, 0.25) is 0 Å². The number of nitrogens with zero attached hydrogens (tertiary/aromatic N) is 3. The number of pyridine rings is 1. The molecule has 0 N–H and O–H groups in total. The molecule has 24 heavy (non-hydrogen) atoms. The summed E-state index contributed by atoms with van der Waals surface area (Å²) >= 11 is 0. The van der Waals surface area contributed by atoms with Gasteiger partial charge in [-0.25, -0.2) is 4.98 Å². The molecule has 0 aliphatic rings. The zero-order valence-electron chi connectivity index (χ0n) is 12.7. The predicted molar refractivity (Wildman–Crippen MR) is 92.7 cm³/mol. The van der Waals surface area contributed by atoms with E-state index in [1.165, 1.54) is 12.1 Å². The van der Waals surface area contributed by atoms with E-state index in [0.717, 1.165) is 28.0 Å². The third kappa shape index (κ3) is 2.52. The van der Waals surface area contributed by atoms with Crippen LogP contribution < -0.4 is 0 Å². The van der Waals surface area contributed by atoms with E-state index in [1.807, 2.05) is 47.1 Å². The van der Waals surface area contributed by atoms with Crippen LogP contribution in [0.5, 0.6) is 0 Å². The summed E-state index contributed by atoms with van der Waals surface area (Å²) in [7, 11) is 0. The van der Waals surface area contributed by atoms with Crippen molar-refractivity contribution in [2.45, 2.75) is 0 Å². The van der Waals surface area contributed by atoms with Gasteiger partial charge in [0.05, 0.1) is 10.6 Å². The number of benzene rings is 2. The first-order valence-corrected chi connectivity index (χ1v) is 7.50. The van der Waals surface area contributed by atoms with Gasteiger partial charge in [0.25, 0.3) is 5.69 Å². The van der Waals surface area contributed by atoms with Gasteiger partial charge in [0.1, 0.15) is 5.65 Å². The first-order chi connectivity index (χ1) is 11.7. The molecule has 0 saturated heterocycles. The molecule has 4 aromatic rings. The number of non-ortho nitro benzene ring substituents is 1. The lowest BCUT2D eigenvalue weighted by Gasteiger charge is -2.01. The predicted octanol–water partition coefficient (Wildman–Crippen LogP) is 4.58. The molecule has 116 valence electrons. The molecule has 0 spiro atoms. The molecular weight excluding hydrogens is 302 g/mol. The number of fused-ring (bicyclic) bond motifs is 1. The average Bonchev–Trinajstić information content (AvgIpc) is 3.06. The minimum Gasteiger partial charge on any atom is -0.306 e. The van der Waals surface area contributed by atoms with Crippen LogP contribution in [0.4, 0.5) is 5.69 Å². The van der Waals surface area contributed by atoms with E-state index >= 15 is 0 Å². The van der Waals surface area contributed by atoms with E-state index in [-0.39, 0.29) is 5.69 Å². The maximum Gasteiger partial charge on any atom is 0.269 e. The molecule has 0 radical (unpaired) electrons. The molecular formula is C19H13N3O2. The number of hydrogen-bond donors (Lipinski definition) is 0. The Morgan fingerprint density at radius 1 is 0.792 bits per heavy atom. The summed E-state index contributed by atoms with van der Waals surface area (Å²) in [6, 6.07) is 20.6. The Morgan fingerprint density at radius 2 is 1.50 bits per heavy atom. The number of nitro benzene ring substituents is 1. The highest BCUT2D eigenvalue weighted by atomic mass is 16.6. The molecule has 0 saturated carbocycles. The molecule has 0 unspecified atom stereocenters. The van der Waals surface area contributed by atoms with Crippen molar-refractivity contribution in [1.82, 2.24) is 9.38 Å². The summed E-state index contributed by atoms with van der Waals surface area (Å²) in [4.78, 5) is 14.9. The smallest absolute Gasteiger partial charge is 0.269 e. The van der Waals surface area contributed by atoms with Crippen molar-refractivity contribution < 1.29 is 4.92 Å². The molecule has 0 bridgehead atoms. The van der Waals surface area contributed by atoms with Crippen LogP contribution in [0.15, 0.2) is 79.1 Å². The van der Waals surface area contributed by atoms with E-state index < -0.39 is 4.92 Å². The lowest BCUT2D eigenvalue weighted by molar-refractivity contribution is -0.384. The number of imidazole rings is 1. The molecule has 2 heterocycles. The Hall–Kier alpha value is -3.47. The second-order valence-corrected chi connectivity index (χ2v) is 5.48. The van der Waals surface area contributed by atoms with Crippen LogP contribution in [0.3, 0.4) is 0 Å². The van der Waals surface area contributed by atoms with Crippen molar-refractivity contribution >= 4 is 11.3 Å². The Bertz CT molecular complexity index is 1020. The minimum absolute atomic E-state index is 0.0777. The van der Waals surface area contributed by atoms with Gasteiger partial charge in [-0.1, -0.05) is 30.3 Å². The highest BCUT2D eigenvalue weighted by molar-refractivity contribution is 5.68. The van der Waals surface area contributed by atoms with Crippen molar-refractivity contribution in [3.8, 4) is 22.4 Å². The lowest BCUT2D eigenvalue weighted by atomic mass is 10.1. The van der Waals surface area contributed by atoms with Gasteiger partial charge in [-0.15, -0.1) is 0 Å². The fourth-order valence-electron chi connectivity index (χ4n) is 2.69. The average molecular weight is 315 g/mol. The highest BCUT2D eigenvalue weighted by Gasteiger charge is 2.08. The summed E-state index contributed by atoms with van der Waals surface area (Å²) in [5.41, 5.74) is 4.80. The van der Waals surface area contributed by atoms with E-state index in [4.69, 9.17) is 0 Å². The van der Waals surface area contributed by atoms with Crippen LogP contribution in [0.1, 0.15) is 0 Å². The van der Waals surface area contributed by atoms with Crippen molar-refractivity contribution in [2.24, 2.45) is 0 Å². The zero-order chi connectivity index (χ0) is 16.5. The van der Waals surface area contributed by atoms with Gasteiger partial charge in [0.2, 0.25) is 0 Å². The SMILES string of the molecule is O=[N+]([O-])c1ccc(-c2cn3cc(-c4ccccc4)ccc3n2)cc1. The van der Waals surface area contributed by atoms with Crippen LogP contribution in [0.25, 0.3) is 28.0 Å². The third-order valence-corrected chi connectivity index (χ3v) is 3.93. The molecule has 5 heteroatoms. The fourth-order valence-corrected chi connectivity index (χ4v) is 2.69. The molecule has 2 aromatic carbocycles. The number of hydrogen-bond acceptors (Lipinski definition) is 3. The van der Waals surface area contributed by atoms with Crippen molar-refractivity contribution in [1.29, 1.82) is 0 Å². The second-order valence-electron chi connectivity index (χ2n) is 5.48. The number of aromatic nitrogens is 2. The van der Waals surface area contributed by atoms with Gasteiger partial charge in [-0.3, -0.25) is 10.1 Å². The summed E-state index contributed by atoms with van der Waals surface area (Å²) in [6.07, 6.45) is 3.97. The first kappa shape index (κ1) is 14.1. The molecule has 5 nitrogen and oxygen atoms in total. The maximum atomic E-state index is 10.7. The van der Waals surface area contributed by atoms with E-state index in [1.54, 1.807) is 12.1 Å². The van der Waals surface area contributed by atoms with Crippen molar-refractivity contribution in [3.63, 3.8) is 0 Å². The number of rotatable bonds is 3. The Morgan fingerprint density at radius 3 is 2.21 bits per heavy atom. The van der Waals surface area contributed by atoms with Crippen LogP contribution in [0, 0.1) is 10.1 Å². The molecule has 0 amide bonds. The van der Waals surface area contributed by atoms with E-state index in [2.05, 4.69) is 17.1 Å². The van der Waals surface area contributed by atoms with Gasteiger partial charge in [0, 0.05) is 30.1 Å². The molecule has 4 rings (SSSR count). The van der Waals surface area contributed by atoms with Gasteiger partial charge < -0.3 is 4.40 Å². The quantitative estimate of drug-likeness (QED) is 0.411. The summed E-state index contributed by atoms with van der Waals surface area (Å²) in [6.45, 7) is 0. The van der Waals surface area contributed by atoms with Crippen molar-refractivity contribution in [2.75, 3.05) is 0 Å².